The number of aliphatic imine (C=N–C) groups is 1. The van der Waals surface area contributed by atoms with Crippen molar-refractivity contribution >= 4 is 5.96 Å². The summed E-state index contributed by atoms with van der Waals surface area (Å²) in [6, 6.07) is 0.516. The largest absolute Gasteiger partial charge is 0.393 e. The Morgan fingerprint density at radius 2 is 1.84 bits per heavy atom. The van der Waals surface area contributed by atoms with Crippen LogP contribution in [-0.4, -0.2) is 85.4 Å². The number of piperidine rings is 2. The van der Waals surface area contributed by atoms with Gasteiger partial charge < -0.3 is 20.6 Å². The van der Waals surface area contributed by atoms with Crippen LogP contribution in [0.5, 0.6) is 0 Å². The molecule has 144 valence electrons. The fourth-order valence-electron chi connectivity index (χ4n) is 3.58. The summed E-state index contributed by atoms with van der Waals surface area (Å²) in [4.78, 5) is 9.64. The highest BCUT2D eigenvalue weighted by Crippen LogP contribution is 2.11. The van der Waals surface area contributed by atoms with Crippen LogP contribution in [0.4, 0.5) is 0 Å². The first-order valence-electron chi connectivity index (χ1n) is 9.99. The Labute approximate surface area is 153 Å². The van der Waals surface area contributed by atoms with E-state index >= 15 is 0 Å². The predicted molar refractivity (Wildman–Crippen MR) is 105 cm³/mol. The summed E-state index contributed by atoms with van der Waals surface area (Å²) >= 11 is 0. The van der Waals surface area contributed by atoms with E-state index in [0.717, 1.165) is 90.4 Å². The predicted octanol–water partition coefficient (Wildman–Crippen LogP) is 1.04. The first-order valence-corrected chi connectivity index (χ1v) is 9.99. The summed E-state index contributed by atoms with van der Waals surface area (Å²) in [6.45, 7) is 14.1. The number of nitrogens with one attached hydrogen (secondary N) is 2. The van der Waals surface area contributed by atoms with Crippen LogP contribution >= 0.6 is 0 Å². The van der Waals surface area contributed by atoms with E-state index in [0.29, 0.717) is 6.04 Å². The Kier molecular flexibility index (Phi) is 9.29. The molecule has 3 N–H and O–H groups in total. The monoisotopic (exact) mass is 351 g/mol. The Bertz CT molecular complexity index is 399. The van der Waals surface area contributed by atoms with E-state index in [1.807, 2.05) is 6.08 Å². The van der Waals surface area contributed by atoms with Gasteiger partial charge in [-0.05, 0) is 45.6 Å². The van der Waals surface area contributed by atoms with Crippen molar-refractivity contribution in [2.75, 3.05) is 52.4 Å². The van der Waals surface area contributed by atoms with Crippen molar-refractivity contribution in [3.05, 3.63) is 12.7 Å². The summed E-state index contributed by atoms with van der Waals surface area (Å²) in [5, 5.41) is 16.5. The molecule has 0 saturated carbocycles. The van der Waals surface area contributed by atoms with Crippen LogP contribution in [0.3, 0.4) is 0 Å². The summed E-state index contributed by atoms with van der Waals surface area (Å²) in [5.41, 5.74) is 0. The molecule has 0 bridgehead atoms. The zero-order valence-electron chi connectivity index (χ0n) is 15.9. The molecule has 0 radical (unpaired) electrons. The standard InChI is InChI=1S/C19H37N5O/c1-3-11-23-13-6-17(7-14-23)22-19(20-4-2)21-10-5-12-24-15-8-18(25)9-16-24/h3,17-18,25H,1,4-16H2,2H3,(H2,20,21,22). The fraction of sp³-hybridized carbons (Fsp3) is 0.842. The van der Waals surface area contributed by atoms with Crippen LogP contribution in [0.1, 0.15) is 39.0 Å². The van der Waals surface area contributed by atoms with E-state index in [-0.39, 0.29) is 6.10 Å². The zero-order chi connectivity index (χ0) is 17.9. The normalized spacial score (nSPS) is 22.1. The lowest BCUT2D eigenvalue weighted by Gasteiger charge is -2.32. The molecule has 25 heavy (non-hydrogen) atoms. The summed E-state index contributed by atoms with van der Waals surface area (Å²) < 4.78 is 0. The van der Waals surface area contributed by atoms with Gasteiger partial charge in [0.25, 0.3) is 0 Å². The Morgan fingerprint density at radius 1 is 1.16 bits per heavy atom. The molecule has 0 spiro atoms. The molecule has 2 rings (SSSR count). The average Bonchev–Trinajstić information content (AvgIpc) is 2.62. The highest BCUT2D eigenvalue weighted by molar-refractivity contribution is 5.80. The van der Waals surface area contributed by atoms with Gasteiger partial charge in [-0.3, -0.25) is 9.89 Å². The second-order valence-electron chi connectivity index (χ2n) is 7.19. The quantitative estimate of drug-likeness (QED) is 0.264. The van der Waals surface area contributed by atoms with Crippen molar-refractivity contribution in [2.45, 2.75) is 51.2 Å². The summed E-state index contributed by atoms with van der Waals surface area (Å²) in [7, 11) is 0. The SMILES string of the molecule is C=CCN1CCC(NC(=NCCCN2CCC(O)CC2)NCC)CC1. The van der Waals surface area contributed by atoms with Crippen LogP contribution in [-0.2, 0) is 0 Å². The van der Waals surface area contributed by atoms with E-state index in [2.05, 4.69) is 33.9 Å². The molecule has 2 fully saturated rings. The van der Waals surface area contributed by atoms with E-state index in [1.54, 1.807) is 0 Å². The zero-order valence-corrected chi connectivity index (χ0v) is 15.9. The molecule has 2 heterocycles. The second kappa shape index (κ2) is 11.5. The first kappa shape index (κ1) is 20.2. The van der Waals surface area contributed by atoms with Crippen molar-refractivity contribution in [1.82, 2.24) is 20.4 Å². The molecule has 2 aliphatic rings. The molecular formula is C19H37N5O. The van der Waals surface area contributed by atoms with Gasteiger partial charge >= 0.3 is 0 Å². The minimum atomic E-state index is -0.0864. The average molecular weight is 352 g/mol. The van der Waals surface area contributed by atoms with Gasteiger partial charge in [0.1, 0.15) is 0 Å². The molecule has 6 nitrogen and oxygen atoms in total. The lowest BCUT2D eigenvalue weighted by atomic mass is 10.1. The van der Waals surface area contributed by atoms with Crippen molar-refractivity contribution in [2.24, 2.45) is 4.99 Å². The number of hydrogen-bond acceptors (Lipinski definition) is 4. The first-order chi connectivity index (χ1) is 12.2. The van der Waals surface area contributed by atoms with Gasteiger partial charge in [0.15, 0.2) is 5.96 Å². The molecule has 2 saturated heterocycles. The van der Waals surface area contributed by atoms with Crippen LogP contribution in [0.25, 0.3) is 0 Å². The molecule has 0 aromatic rings. The van der Waals surface area contributed by atoms with Gasteiger partial charge in [0.2, 0.25) is 0 Å². The van der Waals surface area contributed by atoms with Crippen LogP contribution < -0.4 is 10.6 Å². The number of likely N-dealkylation sites (tertiary alicyclic amines) is 2. The Balaban J connectivity index is 1.66. The van der Waals surface area contributed by atoms with Gasteiger partial charge in [-0.1, -0.05) is 6.08 Å². The van der Waals surface area contributed by atoms with Gasteiger partial charge in [-0.2, -0.15) is 0 Å². The van der Waals surface area contributed by atoms with Crippen molar-refractivity contribution in [3.63, 3.8) is 0 Å². The van der Waals surface area contributed by atoms with Gasteiger partial charge in [-0.15, -0.1) is 6.58 Å². The maximum atomic E-state index is 9.56. The lowest BCUT2D eigenvalue weighted by molar-refractivity contribution is 0.0824. The molecule has 0 aromatic heterocycles. The molecule has 0 amide bonds. The van der Waals surface area contributed by atoms with Crippen molar-refractivity contribution in [3.8, 4) is 0 Å². The van der Waals surface area contributed by atoms with Gasteiger partial charge in [-0.25, -0.2) is 0 Å². The number of nitrogens with zero attached hydrogens (tertiary/aromatic N) is 3. The summed E-state index contributed by atoms with van der Waals surface area (Å²) in [6.07, 6.45) is 7.13. The summed E-state index contributed by atoms with van der Waals surface area (Å²) in [5.74, 6) is 0.957. The third-order valence-corrected chi connectivity index (χ3v) is 5.12. The molecule has 0 aliphatic carbocycles. The number of aliphatic hydroxyl groups excluding tert-OH is 1. The molecule has 0 aromatic carbocycles. The highest BCUT2D eigenvalue weighted by Gasteiger charge is 2.19. The molecular weight excluding hydrogens is 314 g/mol. The molecule has 6 heteroatoms. The van der Waals surface area contributed by atoms with E-state index in [9.17, 15) is 5.11 Å². The minimum absolute atomic E-state index is 0.0864. The minimum Gasteiger partial charge on any atom is -0.393 e. The fourth-order valence-corrected chi connectivity index (χ4v) is 3.58. The number of hydrogen-bond donors (Lipinski definition) is 3. The smallest absolute Gasteiger partial charge is 0.191 e. The Morgan fingerprint density at radius 3 is 2.48 bits per heavy atom. The second-order valence-corrected chi connectivity index (χ2v) is 7.19. The third-order valence-electron chi connectivity index (χ3n) is 5.12. The number of rotatable bonds is 8. The lowest BCUT2D eigenvalue weighted by Crippen LogP contribution is -2.48. The third kappa shape index (κ3) is 7.75. The molecule has 0 unspecified atom stereocenters. The maximum absolute atomic E-state index is 9.56. The number of guanidine groups is 1. The maximum Gasteiger partial charge on any atom is 0.191 e. The topological polar surface area (TPSA) is 63.1 Å². The van der Waals surface area contributed by atoms with Crippen molar-refractivity contribution in [1.29, 1.82) is 0 Å². The Hall–Kier alpha value is -1.11. The van der Waals surface area contributed by atoms with Gasteiger partial charge in [0.05, 0.1) is 6.10 Å². The van der Waals surface area contributed by atoms with Crippen LogP contribution in [0, 0.1) is 0 Å². The van der Waals surface area contributed by atoms with Crippen LogP contribution in [0.2, 0.25) is 0 Å². The highest BCUT2D eigenvalue weighted by atomic mass is 16.3. The van der Waals surface area contributed by atoms with Gasteiger partial charge in [0, 0.05) is 51.9 Å². The van der Waals surface area contributed by atoms with E-state index in [1.165, 1.54) is 0 Å². The van der Waals surface area contributed by atoms with Crippen molar-refractivity contribution < 1.29 is 5.11 Å². The molecule has 2 aliphatic heterocycles. The van der Waals surface area contributed by atoms with E-state index < -0.39 is 0 Å². The molecule has 0 atom stereocenters. The van der Waals surface area contributed by atoms with Crippen LogP contribution in [0.15, 0.2) is 17.6 Å². The number of aliphatic hydroxyl groups is 1. The van der Waals surface area contributed by atoms with E-state index in [4.69, 9.17) is 4.99 Å².